The number of halogens is 4. The number of para-hydroxylation sites is 2. The fourth-order valence-corrected chi connectivity index (χ4v) is 3.67. The molecule has 0 bridgehead atoms. The number of alkyl halides is 3. The highest BCUT2D eigenvalue weighted by Gasteiger charge is 2.34. The van der Waals surface area contributed by atoms with E-state index in [9.17, 15) is 26.4 Å². The van der Waals surface area contributed by atoms with Crippen LogP contribution >= 0.6 is 11.6 Å². The van der Waals surface area contributed by atoms with Gasteiger partial charge in [0.1, 0.15) is 5.75 Å². The van der Waals surface area contributed by atoms with Crippen LogP contribution in [0.1, 0.15) is 25.3 Å². The maximum absolute atomic E-state index is 12.9. The highest BCUT2D eigenvalue weighted by atomic mass is 35.5. The SMILES string of the molecule is CCCOc1ccccc1NC(=O)CCNS(=O)(=O)c1ccc(Cl)c(C(F)(F)F)c1. The van der Waals surface area contributed by atoms with Crippen molar-refractivity contribution in [3.8, 4) is 5.75 Å². The molecule has 0 saturated carbocycles. The van der Waals surface area contributed by atoms with Gasteiger partial charge in [-0.2, -0.15) is 13.2 Å². The molecule has 0 heterocycles. The summed E-state index contributed by atoms with van der Waals surface area (Å²) in [6, 6.07) is 9.05. The molecule has 0 unspecified atom stereocenters. The molecule has 0 spiro atoms. The summed E-state index contributed by atoms with van der Waals surface area (Å²) in [5.74, 6) is -0.00791. The number of anilines is 1. The van der Waals surface area contributed by atoms with Gasteiger partial charge in [-0.3, -0.25) is 4.79 Å². The van der Waals surface area contributed by atoms with Crippen LogP contribution in [0.25, 0.3) is 0 Å². The van der Waals surface area contributed by atoms with Crippen LogP contribution in [0.3, 0.4) is 0 Å². The summed E-state index contributed by atoms with van der Waals surface area (Å²) in [4.78, 5) is 11.5. The maximum Gasteiger partial charge on any atom is 0.417 e. The second-order valence-corrected chi connectivity index (χ2v) is 8.35. The molecule has 2 aromatic rings. The van der Waals surface area contributed by atoms with Crippen LogP contribution < -0.4 is 14.8 Å². The molecule has 0 aliphatic carbocycles. The Morgan fingerprint density at radius 2 is 1.87 bits per heavy atom. The summed E-state index contributed by atoms with van der Waals surface area (Å²) in [7, 11) is -4.26. The third-order valence-electron chi connectivity index (χ3n) is 3.82. The first-order valence-electron chi connectivity index (χ1n) is 8.92. The fraction of sp³-hybridized carbons (Fsp3) is 0.316. The number of hydrogen-bond acceptors (Lipinski definition) is 4. The van der Waals surface area contributed by atoms with Gasteiger partial charge in [-0.05, 0) is 36.8 Å². The van der Waals surface area contributed by atoms with Gasteiger partial charge < -0.3 is 10.1 Å². The minimum absolute atomic E-state index is 0.235. The Morgan fingerprint density at radius 1 is 1.17 bits per heavy atom. The molecule has 0 radical (unpaired) electrons. The summed E-state index contributed by atoms with van der Waals surface area (Å²) >= 11 is 5.50. The second kappa shape index (κ2) is 10.1. The third-order valence-corrected chi connectivity index (χ3v) is 5.61. The standard InChI is InChI=1S/C19H20ClF3N2O4S/c1-2-11-29-17-6-4-3-5-16(17)25-18(26)9-10-24-30(27,28)13-7-8-15(20)14(12-13)19(21,22)23/h3-8,12,24H,2,9-11H2,1H3,(H,25,26). The summed E-state index contributed by atoms with van der Waals surface area (Å²) in [5, 5.41) is 2.01. The van der Waals surface area contributed by atoms with Crippen molar-refractivity contribution in [1.82, 2.24) is 4.72 Å². The molecule has 2 rings (SSSR count). The molecule has 0 atom stereocenters. The second-order valence-electron chi connectivity index (χ2n) is 6.18. The largest absolute Gasteiger partial charge is 0.491 e. The van der Waals surface area contributed by atoms with E-state index in [1.54, 1.807) is 24.3 Å². The number of benzene rings is 2. The Bertz CT molecular complexity index is 998. The number of sulfonamides is 1. The predicted molar refractivity (Wildman–Crippen MR) is 107 cm³/mol. The van der Waals surface area contributed by atoms with Gasteiger partial charge in [-0.25, -0.2) is 13.1 Å². The zero-order valence-corrected chi connectivity index (χ0v) is 17.5. The van der Waals surface area contributed by atoms with Crippen LogP contribution in [0.2, 0.25) is 5.02 Å². The normalized spacial score (nSPS) is 11.9. The minimum Gasteiger partial charge on any atom is -0.491 e. The number of ether oxygens (including phenoxy) is 1. The van der Waals surface area contributed by atoms with E-state index >= 15 is 0 Å². The van der Waals surface area contributed by atoms with Crippen molar-refractivity contribution >= 4 is 33.2 Å². The molecule has 0 aliphatic heterocycles. The molecule has 0 saturated heterocycles. The van der Waals surface area contributed by atoms with E-state index in [0.717, 1.165) is 18.6 Å². The molecular weight excluding hydrogens is 445 g/mol. The lowest BCUT2D eigenvalue weighted by atomic mass is 10.2. The number of nitrogens with one attached hydrogen (secondary N) is 2. The van der Waals surface area contributed by atoms with E-state index in [-0.39, 0.29) is 13.0 Å². The highest BCUT2D eigenvalue weighted by molar-refractivity contribution is 7.89. The first-order valence-corrected chi connectivity index (χ1v) is 10.8. The lowest BCUT2D eigenvalue weighted by molar-refractivity contribution is -0.137. The van der Waals surface area contributed by atoms with E-state index in [4.69, 9.17) is 16.3 Å². The van der Waals surface area contributed by atoms with Gasteiger partial charge in [-0.1, -0.05) is 30.7 Å². The highest BCUT2D eigenvalue weighted by Crippen LogP contribution is 2.35. The summed E-state index contributed by atoms with van der Waals surface area (Å²) in [6.07, 6.45) is -4.25. The monoisotopic (exact) mass is 464 g/mol. The number of rotatable bonds is 9. The number of hydrogen-bond donors (Lipinski definition) is 2. The van der Waals surface area contributed by atoms with Crippen LogP contribution in [-0.4, -0.2) is 27.5 Å². The molecule has 6 nitrogen and oxygen atoms in total. The van der Waals surface area contributed by atoms with Gasteiger partial charge in [0.15, 0.2) is 0 Å². The van der Waals surface area contributed by atoms with E-state index in [0.29, 0.717) is 24.1 Å². The zero-order valence-electron chi connectivity index (χ0n) is 15.9. The maximum atomic E-state index is 12.9. The predicted octanol–water partition coefficient (Wildman–Crippen LogP) is 4.45. The van der Waals surface area contributed by atoms with Gasteiger partial charge in [0.05, 0.1) is 27.8 Å². The van der Waals surface area contributed by atoms with Crippen LogP contribution in [0.4, 0.5) is 18.9 Å². The lowest BCUT2D eigenvalue weighted by Crippen LogP contribution is -2.28. The van der Waals surface area contributed by atoms with Crippen molar-refractivity contribution in [3.05, 3.63) is 53.1 Å². The molecular formula is C19H20ClF3N2O4S. The van der Waals surface area contributed by atoms with Gasteiger partial charge in [0.25, 0.3) is 0 Å². The first kappa shape index (κ1) is 24.0. The summed E-state index contributed by atoms with van der Waals surface area (Å²) in [6.45, 7) is 2.09. The first-order chi connectivity index (χ1) is 14.0. The Kier molecular flexibility index (Phi) is 8.10. The van der Waals surface area contributed by atoms with Gasteiger partial charge in [0, 0.05) is 13.0 Å². The van der Waals surface area contributed by atoms with Crippen LogP contribution in [-0.2, 0) is 21.0 Å². The molecule has 11 heteroatoms. The van der Waals surface area contributed by atoms with E-state index in [1.165, 1.54) is 0 Å². The van der Waals surface area contributed by atoms with E-state index in [2.05, 4.69) is 10.0 Å². The van der Waals surface area contributed by atoms with E-state index in [1.807, 2.05) is 6.92 Å². The lowest BCUT2D eigenvalue weighted by Gasteiger charge is -2.13. The summed E-state index contributed by atoms with van der Waals surface area (Å²) in [5.41, 5.74) is -0.820. The Labute approximate surface area is 177 Å². The Hall–Kier alpha value is -2.30. The molecule has 164 valence electrons. The minimum atomic E-state index is -4.80. The molecule has 0 aromatic heterocycles. The fourth-order valence-electron chi connectivity index (χ4n) is 2.39. The molecule has 2 aromatic carbocycles. The quantitative estimate of drug-likeness (QED) is 0.574. The Balaban J connectivity index is 1.99. The number of carbonyl (C=O) groups excluding carboxylic acids is 1. The van der Waals surface area contributed by atoms with Crippen LogP contribution in [0, 0.1) is 0 Å². The average Bonchev–Trinajstić information content (AvgIpc) is 2.66. The average molecular weight is 465 g/mol. The number of amides is 1. The molecule has 0 aliphatic rings. The van der Waals surface area contributed by atoms with Crippen molar-refractivity contribution in [1.29, 1.82) is 0 Å². The van der Waals surface area contributed by atoms with Crippen molar-refractivity contribution in [2.75, 3.05) is 18.5 Å². The van der Waals surface area contributed by atoms with Gasteiger partial charge in [0.2, 0.25) is 15.9 Å². The van der Waals surface area contributed by atoms with Gasteiger partial charge >= 0.3 is 6.18 Å². The molecule has 0 fully saturated rings. The van der Waals surface area contributed by atoms with Crippen LogP contribution in [0.5, 0.6) is 5.75 Å². The topological polar surface area (TPSA) is 84.5 Å². The smallest absolute Gasteiger partial charge is 0.417 e. The van der Waals surface area contributed by atoms with Crippen molar-refractivity contribution in [3.63, 3.8) is 0 Å². The molecule has 1 amide bonds. The summed E-state index contributed by atoms with van der Waals surface area (Å²) < 4.78 is 70.9. The third kappa shape index (κ3) is 6.61. The van der Waals surface area contributed by atoms with Crippen molar-refractivity contribution in [2.24, 2.45) is 0 Å². The van der Waals surface area contributed by atoms with E-state index < -0.39 is 37.6 Å². The van der Waals surface area contributed by atoms with Crippen molar-refractivity contribution < 1.29 is 31.1 Å². The molecule has 30 heavy (non-hydrogen) atoms. The molecule has 2 N–H and O–H groups in total. The van der Waals surface area contributed by atoms with Gasteiger partial charge in [-0.15, -0.1) is 0 Å². The van der Waals surface area contributed by atoms with Crippen LogP contribution in [0.15, 0.2) is 47.4 Å². The Morgan fingerprint density at radius 3 is 2.53 bits per heavy atom. The number of carbonyl (C=O) groups is 1. The van der Waals surface area contributed by atoms with Crippen molar-refractivity contribution in [2.45, 2.75) is 30.8 Å². The zero-order chi connectivity index (χ0) is 22.4.